The second kappa shape index (κ2) is 5.50. The number of nitrogen functional groups attached to an aromatic ring is 1. The number of rotatable bonds is 3. The van der Waals surface area contributed by atoms with Crippen LogP contribution in [0, 0.1) is 6.92 Å². The molecule has 0 aliphatic rings. The Bertz CT molecular complexity index is 662. The van der Waals surface area contributed by atoms with E-state index >= 15 is 0 Å². The van der Waals surface area contributed by atoms with Crippen LogP contribution in [0.2, 0.25) is 0 Å². The van der Waals surface area contributed by atoms with Crippen molar-refractivity contribution in [1.82, 2.24) is 9.55 Å². The predicted molar refractivity (Wildman–Crippen MR) is 76.9 cm³/mol. The van der Waals surface area contributed by atoms with Crippen molar-refractivity contribution in [1.29, 1.82) is 0 Å². The smallest absolute Gasteiger partial charge is 0.281 e. The van der Waals surface area contributed by atoms with E-state index in [0.29, 0.717) is 5.69 Å². The summed E-state index contributed by atoms with van der Waals surface area (Å²) < 4.78 is 28.3. The molecule has 6 nitrogen and oxygen atoms in total. The number of hydrogen-bond acceptors (Lipinski definition) is 4. The second-order valence-corrected chi connectivity index (χ2v) is 5.56. The Balaban J connectivity index is 0.00000180. The molecule has 1 heterocycles. The van der Waals surface area contributed by atoms with Gasteiger partial charge in [-0.2, -0.15) is 8.42 Å². The number of halogens is 1. The summed E-state index contributed by atoms with van der Waals surface area (Å²) in [5, 5.41) is -0.0363. The molecule has 0 saturated carbocycles. The first-order valence-electron chi connectivity index (χ1n) is 5.27. The van der Waals surface area contributed by atoms with Crippen LogP contribution in [0.1, 0.15) is 5.56 Å². The summed E-state index contributed by atoms with van der Waals surface area (Å²) in [6.45, 7) is 1.82. The van der Waals surface area contributed by atoms with Gasteiger partial charge in [-0.15, -0.1) is 12.4 Å². The van der Waals surface area contributed by atoms with Crippen LogP contribution >= 0.6 is 12.4 Å². The van der Waals surface area contributed by atoms with Crippen molar-refractivity contribution in [3.63, 3.8) is 0 Å². The second-order valence-electron chi connectivity index (χ2n) is 3.97. The summed E-state index contributed by atoms with van der Waals surface area (Å²) >= 11 is 0. The van der Waals surface area contributed by atoms with Gasteiger partial charge in [0.05, 0.1) is 12.0 Å². The normalized spacial score (nSPS) is 10.8. The maximum atomic E-state index is 12.2. The van der Waals surface area contributed by atoms with E-state index in [0.717, 1.165) is 5.56 Å². The van der Waals surface area contributed by atoms with Crippen LogP contribution in [0.25, 0.3) is 0 Å². The van der Waals surface area contributed by atoms with Crippen molar-refractivity contribution >= 4 is 33.9 Å². The Morgan fingerprint density at radius 3 is 2.47 bits per heavy atom. The minimum absolute atomic E-state index is 0. The van der Waals surface area contributed by atoms with E-state index in [9.17, 15) is 8.42 Å². The lowest BCUT2D eigenvalue weighted by Crippen LogP contribution is -2.18. The molecule has 104 valence electrons. The molecule has 1 aromatic heterocycles. The number of benzene rings is 1. The number of nitrogens with two attached hydrogens (primary N) is 1. The highest BCUT2D eigenvalue weighted by Gasteiger charge is 2.22. The molecule has 0 atom stereocenters. The van der Waals surface area contributed by atoms with Gasteiger partial charge in [-0.3, -0.25) is 4.72 Å². The fourth-order valence-electron chi connectivity index (χ4n) is 1.64. The number of imidazole rings is 1. The van der Waals surface area contributed by atoms with Crippen LogP contribution in [0.3, 0.4) is 0 Å². The standard InChI is InChI=1S/C11H14N4O2S.ClH/c1-8-5-3-4-6-9(8)14-18(16,17)11-10(12)13-7-15(11)2;/h3-7,14H,12H2,1-2H3;1H. The van der Waals surface area contributed by atoms with Crippen molar-refractivity contribution in [2.45, 2.75) is 11.9 Å². The highest BCUT2D eigenvalue weighted by atomic mass is 35.5. The van der Waals surface area contributed by atoms with E-state index in [2.05, 4.69) is 9.71 Å². The predicted octanol–water partition coefficient (Wildman–Crippen LogP) is 1.53. The molecule has 0 radical (unpaired) electrons. The molecule has 1 aromatic carbocycles. The monoisotopic (exact) mass is 302 g/mol. The van der Waals surface area contributed by atoms with Crippen LogP contribution in [-0.4, -0.2) is 18.0 Å². The molecule has 0 aliphatic carbocycles. The zero-order valence-electron chi connectivity index (χ0n) is 10.5. The molecule has 0 fully saturated rings. The average Bonchev–Trinajstić information content (AvgIpc) is 2.62. The fourth-order valence-corrected chi connectivity index (χ4v) is 3.01. The largest absolute Gasteiger partial charge is 0.381 e. The van der Waals surface area contributed by atoms with E-state index in [-0.39, 0.29) is 23.3 Å². The van der Waals surface area contributed by atoms with Gasteiger partial charge in [-0.1, -0.05) is 18.2 Å². The van der Waals surface area contributed by atoms with Gasteiger partial charge in [0.15, 0.2) is 10.8 Å². The molecule has 0 saturated heterocycles. The molecular formula is C11H15ClN4O2S. The average molecular weight is 303 g/mol. The topological polar surface area (TPSA) is 90.0 Å². The van der Waals surface area contributed by atoms with Crippen LogP contribution in [0.4, 0.5) is 11.5 Å². The maximum Gasteiger partial charge on any atom is 0.281 e. The zero-order chi connectivity index (χ0) is 13.3. The number of aromatic nitrogens is 2. The van der Waals surface area contributed by atoms with Crippen LogP contribution in [0.15, 0.2) is 35.6 Å². The SMILES string of the molecule is Cc1ccccc1NS(=O)(=O)c1c(N)ncn1C.Cl. The molecular weight excluding hydrogens is 288 g/mol. The molecule has 2 rings (SSSR count). The summed E-state index contributed by atoms with van der Waals surface area (Å²) in [4.78, 5) is 3.77. The van der Waals surface area contributed by atoms with Gasteiger partial charge >= 0.3 is 0 Å². The molecule has 0 aliphatic heterocycles. The lowest BCUT2D eigenvalue weighted by atomic mass is 10.2. The third kappa shape index (κ3) is 2.99. The summed E-state index contributed by atoms with van der Waals surface area (Å²) in [6, 6.07) is 7.12. The van der Waals surface area contributed by atoms with Crippen LogP contribution in [0.5, 0.6) is 0 Å². The molecule has 19 heavy (non-hydrogen) atoms. The molecule has 0 bridgehead atoms. The number of nitrogens with zero attached hydrogens (tertiary/aromatic N) is 2. The Hall–Kier alpha value is -1.73. The van der Waals surface area contributed by atoms with Gasteiger partial charge in [0.1, 0.15) is 0 Å². The van der Waals surface area contributed by atoms with E-state index < -0.39 is 10.0 Å². The first kappa shape index (κ1) is 15.3. The zero-order valence-corrected chi connectivity index (χ0v) is 12.1. The number of hydrogen-bond donors (Lipinski definition) is 2. The van der Waals surface area contributed by atoms with Gasteiger partial charge in [0.2, 0.25) is 0 Å². The molecule has 8 heteroatoms. The maximum absolute atomic E-state index is 12.2. The van der Waals surface area contributed by atoms with Crippen molar-refractivity contribution in [3.8, 4) is 0 Å². The van der Waals surface area contributed by atoms with Crippen molar-refractivity contribution in [2.24, 2.45) is 7.05 Å². The molecule has 0 unspecified atom stereocenters. The van der Waals surface area contributed by atoms with Gasteiger partial charge in [0.25, 0.3) is 10.0 Å². The minimum Gasteiger partial charge on any atom is -0.381 e. The fraction of sp³-hybridized carbons (Fsp3) is 0.182. The summed E-state index contributed by atoms with van der Waals surface area (Å²) in [6.07, 6.45) is 1.36. The van der Waals surface area contributed by atoms with E-state index in [1.54, 1.807) is 19.2 Å². The number of para-hydroxylation sites is 1. The van der Waals surface area contributed by atoms with Crippen molar-refractivity contribution in [3.05, 3.63) is 36.2 Å². The van der Waals surface area contributed by atoms with Gasteiger partial charge in [-0.25, -0.2) is 4.98 Å². The number of aryl methyl sites for hydroxylation is 2. The van der Waals surface area contributed by atoms with Crippen molar-refractivity contribution < 1.29 is 8.42 Å². The van der Waals surface area contributed by atoms with Crippen LogP contribution in [-0.2, 0) is 17.1 Å². The van der Waals surface area contributed by atoms with Crippen molar-refractivity contribution in [2.75, 3.05) is 10.5 Å². The minimum atomic E-state index is -3.73. The lowest BCUT2D eigenvalue weighted by molar-refractivity contribution is 0.592. The Morgan fingerprint density at radius 2 is 1.95 bits per heavy atom. The van der Waals surface area contributed by atoms with E-state index in [4.69, 9.17) is 5.73 Å². The Morgan fingerprint density at radius 1 is 1.32 bits per heavy atom. The first-order valence-corrected chi connectivity index (χ1v) is 6.75. The van der Waals surface area contributed by atoms with Gasteiger partial charge < -0.3 is 10.3 Å². The van der Waals surface area contributed by atoms with Crippen LogP contribution < -0.4 is 10.5 Å². The molecule has 0 spiro atoms. The summed E-state index contributed by atoms with van der Waals surface area (Å²) in [5.74, 6) is -0.0152. The van der Waals surface area contributed by atoms with Gasteiger partial charge in [-0.05, 0) is 18.6 Å². The summed E-state index contributed by atoms with van der Waals surface area (Å²) in [5.41, 5.74) is 6.93. The Kier molecular flexibility index (Phi) is 4.43. The lowest BCUT2D eigenvalue weighted by Gasteiger charge is -2.10. The molecule has 3 N–H and O–H groups in total. The molecule has 0 amide bonds. The number of sulfonamides is 1. The molecule has 2 aromatic rings. The third-order valence-corrected chi connectivity index (χ3v) is 4.05. The van der Waals surface area contributed by atoms with Gasteiger partial charge in [0, 0.05) is 7.05 Å². The first-order chi connectivity index (χ1) is 8.42. The van der Waals surface area contributed by atoms with E-state index in [1.165, 1.54) is 10.9 Å². The summed E-state index contributed by atoms with van der Waals surface area (Å²) in [7, 11) is -2.15. The number of anilines is 2. The number of nitrogens with one attached hydrogen (secondary N) is 1. The van der Waals surface area contributed by atoms with E-state index in [1.807, 2.05) is 19.1 Å². The third-order valence-electron chi connectivity index (χ3n) is 2.55. The Labute approximate surface area is 118 Å². The quantitative estimate of drug-likeness (QED) is 0.899. The highest BCUT2D eigenvalue weighted by Crippen LogP contribution is 2.21. The highest BCUT2D eigenvalue weighted by molar-refractivity contribution is 7.92.